The van der Waals surface area contributed by atoms with Crippen LogP contribution >= 0.6 is 11.6 Å². The lowest BCUT2D eigenvalue weighted by Gasteiger charge is -2.21. The van der Waals surface area contributed by atoms with Crippen molar-refractivity contribution in [1.29, 1.82) is 0 Å². The molecule has 3 rings (SSSR count). The number of nitrogens with zero attached hydrogens (tertiary/aromatic N) is 2. The molecule has 5 heteroatoms. The van der Waals surface area contributed by atoms with Crippen molar-refractivity contribution in [2.24, 2.45) is 0 Å². The van der Waals surface area contributed by atoms with E-state index in [-0.39, 0.29) is 12.5 Å². The van der Waals surface area contributed by atoms with Gasteiger partial charge in [0.05, 0.1) is 6.54 Å². The van der Waals surface area contributed by atoms with E-state index in [9.17, 15) is 4.79 Å². The van der Waals surface area contributed by atoms with Crippen LogP contribution in [0.25, 0.3) is 0 Å². The molecule has 22 heavy (non-hydrogen) atoms. The second-order valence-corrected chi connectivity index (χ2v) is 5.87. The van der Waals surface area contributed by atoms with Gasteiger partial charge in [0.15, 0.2) is 6.61 Å². The van der Waals surface area contributed by atoms with Gasteiger partial charge < -0.3 is 14.5 Å². The Balaban J connectivity index is 1.93. The van der Waals surface area contributed by atoms with Crippen molar-refractivity contribution in [2.75, 3.05) is 30.5 Å². The van der Waals surface area contributed by atoms with Gasteiger partial charge in [-0.25, -0.2) is 0 Å². The number of hydrogen-bond acceptors (Lipinski definition) is 3. The van der Waals surface area contributed by atoms with Crippen LogP contribution in [0.5, 0.6) is 5.75 Å². The Labute approximate surface area is 134 Å². The molecule has 1 aliphatic rings. The van der Waals surface area contributed by atoms with Gasteiger partial charge in [0.1, 0.15) is 5.75 Å². The number of ether oxygens (including phenoxy) is 1. The first-order valence-corrected chi connectivity index (χ1v) is 7.41. The summed E-state index contributed by atoms with van der Waals surface area (Å²) >= 11 is 6.05. The predicted molar refractivity (Wildman–Crippen MR) is 88.9 cm³/mol. The van der Waals surface area contributed by atoms with Crippen molar-refractivity contribution in [3.8, 4) is 5.75 Å². The minimum atomic E-state index is -0.0649. The first-order valence-electron chi connectivity index (χ1n) is 7.03. The van der Waals surface area contributed by atoms with E-state index in [4.69, 9.17) is 16.3 Å². The van der Waals surface area contributed by atoms with Crippen LogP contribution in [0.3, 0.4) is 0 Å². The molecule has 0 saturated heterocycles. The lowest BCUT2D eigenvalue weighted by molar-refractivity contribution is -0.120. The van der Waals surface area contributed by atoms with Gasteiger partial charge in [0.25, 0.3) is 5.91 Å². The summed E-state index contributed by atoms with van der Waals surface area (Å²) in [6.45, 7) is 0.486. The molecule has 0 bridgehead atoms. The smallest absolute Gasteiger partial charge is 0.265 e. The molecule has 0 fully saturated rings. The second-order valence-electron chi connectivity index (χ2n) is 5.43. The highest BCUT2D eigenvalue weighted by molar-refractivity contribution is 6.30. The highest BCUT2D eigenvalue weighted by Gasteiger charge is 2.23. The number of benzene rings is 2. The monoisotopic (exact) mass is 316 g/mol. The Kier molecular flexibility index (Phi) is 3.94. The Hall–Kier alpha value is -2.20. The van der Waals surface area contributed by atoms with E-state index in [1.807, 2.05) is 55.4 Å². The van der Waals surface area contributed by atoms with Crippen molar-refractivity contribution < 1.29 is 9.53 Å². The molecule has 0 saturated carbocycles. The molecular formula is C17H17ClN2O2. The first-order chi connectivity index (χ1) is 10.5. The van der Waals surface area contributed by atoms with Gasteiger partial charge in [0.2, 0.25) is 0 Å². The number of fused-ring (bicyclic) bond motifs is 1. The molecular weight excluding hydrogens is 300 g/mol. The van der Waals surface area contributed by atoms with E-state index in [0.717, 1.165) is 16.9 Å². The van der Waals surface area contributed by atoms with Crippen molar-refractivity contribution >= 4 is 28.9 Å². The fourth-order valence-electron chi connectivity index (χ4n) is 2.45. The topological polar surface area (TPSA) is 32.8 Å². The lowest BCUT2D eigenvalue weighted by atomic mass is 10.1. The number of amides is 1. The molecule has 0 spiro atoms. The summed E-state index contributed by atoms with van der Waals surface area (Å²) in [6, 6.07) is 13.3. The maximum Gasteiger partial charge on any atom is 0.265 e. The minimum Gasteiger partial charge on any atom is -0.483 e. The van der Waals surface area contributed by atoms with E-state index in [1.54, 1.807) is 11.0 Å². The standard InChI is InChI=1S/C17H17ClN2O2/c1-19(2)14-4-6-15(7-5-14)20-10-12-9-13(18)3-8-16(12)22-11-17(20)21/h3-9H,10-11H2,1-2H3. The highest BCUT2D eigenvalue weighted by atomic mass is 35.5. The third-order valence-corrected chi connectivity index (χ3v) is 3.92. The van der Waals surface area contributed by atoms with E-state index in [0.29, 0.717) is 17.3 Å². The van der Waals surface area contributed by atoms with Crippen molar-refractivity contribution in [1.82, 2.24) is 0 Å². The molecule has 2 aromatic carbocycles. The van der Waals surface area contributed by atoms with E-state index in [2.05, 4.69) is 0 Å². The van der Waals surface area contributed by atoms with Crippen LogP contribution in [0.4, 0.5) is 11.4 Å². The summed E-state index contributed by atoms with van der Waals surface area (Å²) in [5.74, 6) is 0.648. The van der Waals surface area contributed by atoms with Crippen molar-refractivity contribution in [3.63, 3.8) is 0 Å². The van der Waals surface area contributed by atoms with Crippen LogP contribution < -0.4 is 14.5 Å². The van der Waals surface area contributed by atoms with Gasteiger partial charge in [-0.3, -0.25) is 4.79 Å². The zero-order valence-electron chi connectivity index (χ0n) is 12.5. The van der Waals surface area contributed by atoms with Crippen LogP contribution in [-0.4, -0.2) is 26.6 Å². The number of anilines is 2. The molecule has 4 nitrogen and oxygen atoms in total. The number of carbonyl (C=O) groups is 1. The van der Waals surface area contributed by atoms with Crippen molar-refractivity contribution in [3.05, 3.63) is 53.1 Å². The number of rotatable bonds is 2. The van der Waals surface area contributed by atoms with E-state index >= 15 is 0 Å². The summed E-state index contributed by atoms with van der Waals surface area (Å²) < 4.78 is 5.57. The Morgan fingerprint density at radius 2 is 1.86 bits per heavy atom. The average molecular weight is 317 g/mol. The second kappa shape index (κ2) is 5.89. The number of halogens is 1. The molecule has 0 unspecified atom stereocenters. The number of hydrogen-bond donors (Lipinski definition) is 0. The zero-order valence-corrected chi connectivity index (χ0v) is 13.3. The first kappa shape index (κ1) is 14.7. The largest absolute Gasteiger partial charge is 0.483 e. The third kappa shape index (κ3) is 2.88. The normalized spacial score (nSPS) is 14.1. The summed E-state index contributed by atoms with van der Waals surface area (Å²) in [7, 11) is 3.97. The van der Waals surface area contributed by atoms with Crippen LogP contribution in [0.15, 0.2) is 42.5 Å². The quantitative estimate of drug-likeness (QED) is 0.852. The fraction of sp³-hybridized carbons (Fsp3) is 0.235. The Morgan fingerprint density at radius 1 is 1.14 bits per heavy atom. The zero-order chi connectivity index (χ0) is 15.7. The summed E-state index contributed by atoms with van der Waals surface area (Å²) in [6.07, 6.45) is 0. The molecule has 0 aromatic heterocycles. The van der Waals surface area contributed by atoms with Gasteiger partial charge >= 0.3 is 0 Å². The molecule has 1 amide bonds. The van der Waals surface area contributed by atoms with Gasteiger partial charge in [-0.05, 0) is 42.5 Å². The maximum atomic E-state index is 12.3. The molecule has 0 radical (unpaired) electrons. The highest BCUT2D eigenvalue weighted by Crippen LogP contribution is 2.29. The van der Waals surface area contributed by atoms with Crippen LogP contribution in [0.1, 0.15) is 5.56 Å². The minimum absolute atomic E-state index is 0.0318. The molecule has 1 aliphatic heterocycles. The van der Waals surface area contributed by atoms with Crippen molar-refractivity contribution in [2.45, 2.75) is 6.54 Å². The summed E-state index contributed by atoms with van der Waals surface area (Å²) in [5.41, 5.74) is 2.85. The summed E-state index contributed by atoms with van der Waals surface area (Å²) in [5, 5.41) is 0.639. The van der Waals surface area contributed by atoms with E-state index in [1.165, 1.54) is 0 Å². The van der Waals surface area contributed by atoms with Crippen LogP contribution in [0.2, 0.25) is 5.02 Å². The Bertz CT molecular complexity index is 698. The molecule has 114 valence electrons. The van der Waals surface area contributed by atoms with Crippen LogP contribution in [0, 0.1) is 0 Å². The molecule has 2 aromatic rings. The molecule has 0 aliphatic carbocycles. The predicted octanol–water partition coefficient (Wildman–Crippen LogP) is 3.33. The fourth-order valence-corrected chi connectivity index (χ4v) is 2.65. The lowest BCUT2D eigenvalue weighted by Crippen LogP contribution is -2.32. The van der Waals surface area contributed by atoms with Gasteiger partial charge in [-0.1, -0.05) is 11.6 Å². The van der Waals surface area contributed by atoms with Crippen LogP contribution in [-0.2, 0) is 11.3 Å². The van der Waals surface area contributed by atoms with Gasteiger partial charge in [-0.15, -0.1) is 0 Å². The third-order valence-electron chi connectivity index (χ3n) is 3.68. The maximum absolute atomic E-state index is 12.3. The molecule has 1 heterocycles. The molecule has 0 atom stereocenters. The molecule has 0 N–H and O–H groups in total. The Morgan fingerprint density at radius 3 is 2.55 bits per heavy atom. The SMILES string of the molecule is CN(C)c1ccc(N2Cc3cc(Cl)ccc3OCC2=O)cc1. The van der Waals surface area contributed by atoms with Gasteiger partial charge in [0, 0.05) is 36.1 Å². The van der Waals surface area contributed by atoms with Gasteiger partial charge in [-0.2, -0.15) is 0 Å². The number of carbonyl (C=O) groups excluding carboxylic acids is 1. The van der Waals surface area contributed by atoms with E-state index < -0.39 is 0 Å². The average Bonchev–Trinajstić information content (AvgIpc) is 2.66. The summed E-state index contributed by atoms with van der Waals surface area (Å²) in [4.78, 5) is 16.1.